The van der Waals surface area contributed by atoms with Gasteiger partial charge < -0.3 is 16.6 Å². The van der Waals surface area contributed by atoms with Crippen molar-refractivity contribution in [2.24, 2.45) is 5.73 Å². The highest BCUT2D eigenvalue weighted by Crippen LogP contribution is 1.82. The summed E-state index contributed by atoms with van der Waals surface area (Å²) in [5.41, 5.74) is 9.59. The van der Waals surface area contributed by atoms with Crippen LogP contribution >= 0.6 is 0 Å². The van der Waals surface area contributed by atoms with Gasteiger partial charge in [0.2, 0.25) is 0 Å². The van der Waals surface area contributed by atoms with Crippen LogP contribution in [0, 0.1) is 0 Å². The van der Waals surface area contributed by atoms with E-state index in [0.717, 1.165) is 0 Å². The second-order valence-corrected chi connectivity index (χ2v) is 2.46. The molecule has 0 amide bonds. The summed E-state index contributed by atoms with van der Waals surface area (Å²) in [5, 5.41) is 7.87. The SMILES string of the molecule is CC(N)C(=O)O.Nc1ccnc(=O)[nH]1. The zero-order valence-electron chi connectivity index (χ0n) is 7.60. The summed E-state index contributed by atoms with van der Waals surface area (Å²) in [6, 6.07) is 0.784. The van der Waals surface area contributed by atoms with Crippen molar-refractivity contribution in [1.29, 1.82) is 0 Å². The fourth-order valence-corrected chi connectivity index (χ4v) is 0.383. The van der Waals surface area contributed by atoms with Crippen molar-refractivity contribution in [2.75, 3.05) is 5.73 Å². The van der Waals surface area contributed by atoms with Crippen LogP contribution in [0.2, 0.25) is 0 Å². The zero-order chi connectivity index (χ0) is 11.1. The number of H-pyrrole nitrogens is 1. The first kappa shape index (κ1) is 12.1. The minimum atomic E-state index is -0.963. The zero-order valence-corrected chi connectivity index (χ0v) is 7.60. The Hall–Kier alpha value is -1.89. The number of nitrogen functional groups attached to an aromatic ring is 1. The molecule has 0 fully saturated rings. The average Bonchev–Trinajstić information content (AvgIpc) is 2.04. The first-order valence-electron chi connectivity index (χ1n) is 3.72. The third-order valence-electron chi connectivity index (χ3n) is 1.09. The van der Waals surface area contributed by atoms with Gasteiger partial charge in [0.15, 0.2) is 0 Å². The minimum Gasteiger partial charge on any atom is -0.480 e. The molecule has 1 aromatic rings. The van der Waals surface area contributed by atoms with E-state index >= 15 is 0 Å². The molecule has 7 heteroatoms. The lowest BCUT2D eigenvalue weighted by Crippen LogP contribution is -2.25. The summed E-state index contributed by atoms with van der Waals surface area (Å²) in [6.07, 6.45) is 1.36. The van der Waals surface area contributed by atoms with E-state index in [1.807, 2.05) is 0 Å². The molecule has 0 aliphatic heterocycles. The van der Waals surface area contributed by atoms with Gasteiger partial charge in [-0.05, 0) is 13.0 Å². The molecular formula is C7H12N4O3. The van der Waals surface area contributed by atoms with Gasteiger partial charge in [-0.2, -0.15) is 0 Å². The van der Waals surface area contributed by atoms with Gasteiger partial charge in [0.25, 0.3) is 0 Å². The van der Waals surface area contributed by atoms with Crippen LogP contribution in [0.5, 0.6) is 0 Å². The standard InChI is InChI=1S/C4H5N3O.C3H7NO2/c5-3-1-2-6-4(8)7-3;1-2(4)3(5)6/h1-2H,(H3,5,6,7,8);2H,4H2,1H3,(H,5,6). The van der Waals surface area contributed by atoms with Crippen LogP contribution in [-0.2, 0) is 4.79 Å². The van der Waals surface area contributed by atoms with Crippen molar-refractivity contribution in [1.82, 2.24) is 9.97 Å². The van der Waals surface area contributed by atoms with Crippen LogP contribution in [0.1, 0.15) is 6.92 Å². The molecule has 7 nitrogen and oxygen atoms in total. The molecule has 1 rings (SSSR count). The van der Waals surface area contributed by atoms with E-state index in [-0.39, 0.29) is 0 Å². The first-order chi connectivity index (χ1) is 6.43. The monoisotopic (exact) mass is 200 g/mol. The maximum absolute atomic E-state index is 10.2. The molecule has 0 saturated heterocycles. The van der Waals surface area contributed by atoms with E-state index in [9.17, 15) is 9.59 Å². The number of aliphatic carboxylic acids is 1. The Balaban J connectivity index is 0.000000255. The van der Waals surface area contributed by atoms with Crippen LogP contribution in [0.25, 0.3) is 0 Å². The number of nitrogens with two attached hydrogens (primary N) is 2. The molecule has 0 aliphatic carbocycles. The van der Waals surface area contributed by atoms with Gasteiger partial charge in [0.05, 0.1) is 0 Å². The maximum Gasteiger partial charge on any atom is 0.346 e. The van der Waals surface area contributed by atoms with Crippen LogP contribution in [-0.4, -0.2) is 27.1 Å². The van der Waals surface area contributed by atoms with Gasteiger partial charge in [-0.3, -0.25) is 9.78 Å². The number of rotatable bonds is 1. The highest BCUT2D eigenvalue weighted by atomic mass is 16.4. The summed E-state index contributed by atoms with van der Waals surface area (Å²) in [5.74, 6) is -0.625. The fourth-order valence-electron chi connectivity index (χ4n) is 0.383. The number of carboxylic acid groups (broad SMARTS) is 1. The second-order valence-electron chi connectivity index (χ2n) is 2.46. The first-order valence-corrected chi connectivity index (χ1v) is 3.72. The van der Waals surface area contributed by atoms with Gasteiger partial charge in [0, 0.05) is 6.20 Å². The number of nitrogens with one attached hydrogen (secondary N) is 1. The Kier molecular flexibility index (Phi) is 4.93. The summed E-state index contributed by atoms with van der Waals surface area (Å²) < 4.78 is 0. The number of hydrogen-bond donors (Lipinski definition) is 4. The Bertz CT molecular complexity index is 347. The third-order valence-corrected chi connectivity index (χ3v) is 1.09. The van der Waals surface area contributed by atoms with E-state index in [1.165, 1.54) is 19.2 Å². The molecule has 6 N–H and O–H groups in total. The number of carboxylic acids is 1. The van der Waals surface area contributed by atoms with Gasteiger partial charge >= 0.3 is 11.7 Å². The molecule has 1 unspecified atom stereocenters. The number of carbonyl (C=O) groups is 1. The van der Waals surface area contributed by atoms with Crippen LogP contribution in [0.4, 0.5) is 5.82 Å². The number of hydrogen-bond acceptors (Lipinski definition) is 5. The second kappa shape index (κ2) is 5.70. The molecule has 0 spiro atoms. The molecule has 1 atom stereocenters. The molecule has 0 radical (unpaired) electrons. The number of aromatic nitrogens is 2. The maximum atomic E-state index is 10.2. The van der Waals surface area contributed by atoms with Crippen LogP contribution in [0.15, 0.2) is 17.1 Å². The lowest BCUT2D eigenvalue weighted by atomic mass is 10.4. The Morgan fingerprint density at radius 2 is 2.21 bits per heavy atom. The predicted molar refractivity (Wildman–Crippen MR) is 50.6 cm³/mol. The molecule has 0 bridgehead atoms. The quantitative estimate of drug-likeness (QED) is 0.448. The summed E-state index contributed by atoms with van der Waals surface area (Å²) >= 11 is 0. The Morgan fingerprint density at radius 1 is 1.71 bits per heavy atom. The van der Waals surface area contributed by atoms with E-state index in [1.54, 1.807) is 0 Å². The normalized spacial score (nSPS) is 11.0. The van der Waals surface area contributed by atoms with Crippen molar-refractivity contribution in [3.63, 3.8) is 0 Å². The van der Waals surface area contributed by atoms with E-state index in [0.29, 0.717) is 5.82 Å². The summed E-state index contributed by atoms with van der Waals surface area (Å²) in [6.45, 7) is 1.42. The molecular weight excluding hydrogens is 188 g/mol. The highest BCUT2D eigenvalue weighted by Gasteiger charge is 1.99. The fraction of sp³-hybridized carbons (Fsp3) is 0.286. The van der Waals surface area contributed by atoms with E-state index < -0.39 is 17.7 Å². The molecule has 0 aliphatic rings. The van der Waals surface area contributed by atoms with Crippen molar-refractivity contribution >= 4 is 11.8 Å². The van der Waals surface area contributed by atoms with Crippen molar-refractivity contribution in [3.8, 4) is 0 Å². The van der Waals surface area contributed by atoms with Crippen molar-refractivity contribution < 1.29 is 9.90 Å². The Labute approximate surface area is 79.8 Å². The smallest absolute Gasteiger partial charge is 0.346 e. The molecule has 1 heterocycles. The van der Waals surface area contributed by atoms with E-state index in [2.05, 4.69) is 9.97 Å². The lowest BCUT2D eigenvalue weighted by Gasteiger charge is -1.90. The minimum absolute atomic E-state index is 0.338. The molecule has 14 heavy (non-hydrogen) atoms. The topological polar surface area (TPSA) is 135 Å². The van der Waals surface area contributed by atoms with Gasteiger partial charge in [-0.25, -0.2) is 9.78 Å². The lowest BCUT2D eigenvalue weighted by molar-refractivity contribution is -0.138. The summed E-state index contributed by atoms with van der Waals surface area (Å²) in [7, 11) is 0. The van der Waals surface area contributed by atoms with Crippen LogP contribution in [0.3, 0.4) is 0 Å². The van der Waals surface area contributed by atoms with Crippen molar-refractivity contribution in [2.45, 2.75) is 13.0 Å². The van der Waals surface area contributed by atoms with Gasteiger partial charge in [-0.15, -0.1) is 0 Å². The van der Waals surface area contributed by atoms with E-state index in [4.69, 9.17) is 16.6 Å². The largest absolute Gasteiger partial charge is 0.480 e. The molecule has 0 aromatic carbocycles. The number of anilines is 1. The molecule has 78 valence electrons. The predicted octanol–water partition coefficient (Wildman–Crippen LogP) is -1.23. The van der Waals surface area contributed by atoms with Crippen molar-refractivity contribution in [3.05, 3.63) is 22.7 Å². The highest BCUT2D eigenvalue weighted by molar-refractivity contribution is 5.72. The molecule has 0 saturated carbocycles. The third kappa shape index (κ3) is 5.72. The van der Waals surface area contributed by atoms with Crippen LogP contribution < -0.4 is 17.2 Å². The summed E-state index contributed by atoms with van der Waals surface area (Å²) in [4.78, 5) is 25.4. The van der Waals surface area contributed by atoms with Gasteiger partial charge in [-0.1, -0.05) is 0 Å². The number of aromatic amines is 1. The molecule has 1 aromatic heterocycles. The number of nitrogens with zero attached hydrogens (tertiary/aromatic N) is 1. The Morgan fingerprint density at radius 3 is 2.43 bits per heavy atom. The average molecular weight is 200 g/mol. The van der Waals surface area contributed by atoms with Gasteiger partial charge in [0.1, 0.15) is 11.9 Å².